The minimum absolute atomic E-state index is 0.313. The van der Waals surface area contributed by atoms with E-state index < -0.39 is 5.79 Å². The fraction of sp³-hybridized carbons (Fsp3) is 0.350. The predicted octanol–water partition coefficient (Wildman–Crippen LogP) is 4.02. The maximum Gasteiger partial charge on any atom is 0.292 e. The van der Waals surface area contributed by atoms with Gasteiger partial charge in [-0.3, -0.25) is 4.79 Å². The SMILES string of the molecule is COc1ccccc1OCCCN1C(=O)C2(OCCO2)c2c(Cl)ccc(Cl)c21. The summed E-state index contributed by atoms with van der Waals surface area (Å²) in [7, 11) is 1.59. The van der Waals surface area contributed by atoms with Crippen molar-refractivity contribution in [3.63, 3.8) is 0 Å². The molecule has 0 atom stereocenters. The number of hydrogen-bond acceptors (Lipinski definition) is 5. The molecule has 1 fully saturated rings. The number of fused-ring (bicyclic) bond motifs is 2. The van der Waals surface area contributed by atoms with Gasteiger partial charge >= 0.3 is 0 Å². The summed E-state index contributed by atoms with van der Waals surface area (Å²) in [6, 6.07) is 10.7. The van der Waals surface area contributed by atoms with Crippen LogP contribution in [0.25, 0.3) is 0 Å². The van der Waals surface area contributed by atoms with Gasteiger partial charge in [0.1, 0.15) is 0 Å². The smallest absolute Gasteiger partial charge is 0.292 e. The molecule has 0 aliphatic carbocycles. The summed E-state index contributed by atoms with van der Waals surface area (Å²) in [6.45, 7) is 1.42. The number of anilines is 1. The predicted molar refractivity (Wildman–Crippen MR) is 106 cm³/mol. The number of carbonyl (C=O) groups is 1. The molecule has 0 N–H and O–H groups in total. The maximum absolute atomic E-state index is 13.2. The number of methoxy groups -OCH3 is 1. The van der Waals surface area contributed by atoms with Gasteiger partial charge in [-0.2, -0.15) is 0 Å². The third-order valence-electron chi connectivity index (χ3n) is 4.75. The van der Waals surface area contributed by atoms with Gasteiger partial charge in [-0.1, -0.05) is 35.3 Å². The van der Waals surface area contributed by atoms with E-state index >= 15 is 0 Å². The number of carbonyl (C=O) groups excluding carboxylic acids is 1. The number of nitrogens with zero attached hydrogens (tertiary/aromatic N) is 1. The normalized spacial score (nSPS) is 17.2. The standard InChI is InChI=1S/C20H19Cl2NO5/c1-25-15-5-2-3-6-16(15)26-10-4-9-23-18-14(22)8-7-13(21)17(18)20(19(23)24)27-11-12-28-20/h2-3,5-8H,4,9-12H2,1H3. The van der Waals surface area contributed by atoms with Crippen molar-refractivity contribution in [1.82, 2.24) is 0 Å². The Balaban J connectivity index is 1.51. The van der Waals surface area contributed by atoms with E-state index in [1.54, 1.807) is 24.1 Å². The van der Waals surface area contributed by atoms with Gasteiger partial charge in [0.15, 0.2) is 11.5 Å². The van der Waals surface area contributed by atoms with Crippen LogP contribution >= 0.6 is 23.2 Å². The van der Waals surface area contributed by atoms with Crippen molar-refractivity contribution in [1.29, 1.82) is 0 Å². The molecule has 4 rings (SSSR count). The van der Waals surface area contributed by atoms with Gasteiger partial charge in [0, 0.05) is 6.54 Å². The van der Waals surface area contributed by atoms with Crippen LogP contribution in [0.5, 0.6) is 11.5 Å². The van der Waals surface area contributed by atoms with Crippen LogP contribution in [0.2, 0.25) is 10.0 Å². The van der Waals surface area contributed by atoms with Crippen molar-refractivity contribution < 1.29 is 23.7 Å². The largest absolute Gasteiger partial charge is 0.493 e. The molecule has 0 unspecified atom stereocenters. The van der Waals surface area contributed by atoms with Gasteiger partial charge in [0.25, 0.3) is 11.7 Å². The molecule has 2 aliphatic rings. The second kappa shape index (κ2) is 7.79. The molecule has 2 aliphatic heterocycles. The number of hydrogen-bond donors (Lipinski definition) is 0. The van der Waals surface area contributed by atoms with E-state index in [0.29, 0.717) is 65.6 Å². The number of amides is 1. The summed E-state index contributed by atoms with van der Waals surface area (Å²) >= 11 is 12.8. The fourth-order valence-corrected chi connectivity index (χ4v) is 4.08. The van der Waals surface area contributed by atoms with Crippen molar-refractivity contribution in [2.24, 2.45) is 0 Å². The molecule has 1 saturated heterocycles. The fourth-order valence-electron chi connectivity index (χ4n) is 3.54. The molecule has 148 valence electrons. The molecule has 2 aromatic carbocycles. The first kappa shape index (κ1) is 19.3. The Kier molecular flexibility index (Phi) is 5.38. The molecule has 0 saturated carbocycles. The van der Waals surface area contributed by atoms with Gasteiger partial charge in [0.2, 0.25) is 0 Å². The second-order valence-electron chi connectivity index (χ2n) is 6.38. The zero-order chi connectivity index (χ0) is 19.7. The Hall–Kier alpha value is -1.99. The Labute approximate surface area is 172 Å². The van der Waals surface area contributed by atoms with Crippen LogP contribution in [0.3, 0.4) is 0 Å². The lowest BCUT2D eigenvalue weighted by Gasteiger charge is -2.22. The number of para-hydroxylation sites is 2. The molecule has 0 radical (unpaired) electrons. The molecule has 0 bridgehead atoms. The molecule has 2 heterocycles. The summed E-state index contributed by atoms with van der Waals surface area (Å²) in [5.74, 6) is -0.502. The van der Waals surface area contributed by atoms with Crippen molar-refractivity contribution in [2.45, 2.75) is 12.2 Å². The van der Waals surface area contributed by atoms with Crippen molar-refractivity contribution in [3.05, 3.63) is 52.0 Å². The summed E-state index contributed by atoms with van der Waals surface area (Å²) in [5, 5.41) is 0.816. The van der Waals surface area contributed by atoms with Crippen LogP contribution in [0, 0.1) is 0 Å². The molecule has 1 spiro atoms. The topological polar surface area (TPSA) is 57.2 Å². The number of ether oxygens (including phenoxy) is 4. The van der Waals surface area contributed by atoms with E-state index in [2.05, 4.69) is 0 Å². The molecule has 1 amide bonds. The molecule has 6 nitrogen and oxygen atoms in total. The monoisotopic (exact) mass is 423 g/mol. The van der Waals surface area contributed by atoms with Gasteiger partial charge in [-0.05, 0) is 30.7 Å². The molecule has 8 heteroatoms. The first-order chi connectivity index (χ1) is 13.6. The first-order valence-corrected chi connectivity index (χ1v) is 9.68. The number of benzene rings is 2. The van der Waals surface area contributed by atoms with Crippen molar-refractivity contribution in [3.8, 4) is 11.5 Å². The van der Waals surface area contributed by atoms with E-state index in [9.17, 15) is 4.79 Å². The third kappa shape index (κ3) is 3.10. The summed E-state index contributed by atoms with van der Waals surface area (Å²) in [4.78, 5) is 14.7. The highest BCUT2D eigenvalue weighted by atomic mass is 35.5. The summed E-state index contributed by atoms with van der Waals surface area (Å²) in [6.07, 6.45) is 0.572. The number of halogens is 2. The third-order valence-corrected chi connectivity index (χ3v) is 5.37. The van der Waals surface area contributed by atoms with Crippen LogP contribution in [0.4, 0.5) is 5.69 Å². The lowest BCUT2D eigenvalue weighted by molar-refractivity contribution is -0.180. The van der Waals surface area contributed by atoms with Crippen LogP contribution in [0.1, 0.15) is 12.0 Å². The number of rotatable bonds is 6. The highest BCUT2D eigenvalue weighted by molar-refractivity contribution is 6.38. The minimum atomic E-state index is -1.50. The quantitative estimate of drug-likeness (QED) is 0.656. The highest BCUT2D eigenvalue weighted by Gasteiger charge is 2.57. The van der Waals surface area contributed by atoms with Gasteiger partial charge < -0.3 is 23.8 Å². The van der Waals surface area contributed by atoms with Crippen LogP contribution in [-0.4, -0.2) is 39.4 Å². The lowest BCUT2D eigenvalue weighted by Crippen LogP contribution is -2.42. The van der Waals surface area contributed by atoms with Crippen LogP contribution < -0.4 is 14.4 Å². The zero-order valence-corrected chi connectivity index (χ0v) is 16.8. The Morgan fingerprint density at radius 2 is 1.75 bits per heavy atom. The average Bonchev–Trinajstić information content (AvgIpc) is 3.29. The van der Waals surface area contributed by atoms with E-state index in [1.807, 2.05) is 24.3 Å². The first-order valence-electron chi connectivity index (χ1n) is 8.92. The van der Waals surface area contributed by atoms with Crippen LogP contribution in [-0.2, 0) is 20.1 Å². The molecule has 28 heavy (non-hydrogen) atoms. The molecule has 0 aromatic heterocycles. The minimum Gasteiger partial charge on any atom is -0.493 e. The van der Waals surface area contributed by atoms with Crippen LogP contribution in [0.15, 0.2) is 36.4 Å². The van der Waals surface area contributed by atoms with E-state index in [-0.39, 0.29) is 5.91 Å². The lowest BCUT2D eigenvalue weighted by atomic mass is 10.1. The van der Waals surface area contributed by atoms with Gasteiger partial charge in [-0.25, -0.2) is 0 Å². The van der Waals surface area contributed by atoms with E-state index in [1.165, 1.54) is 0 Å². The van der Waals surface area contributed by atoms with Gasteiger partial charge in [0.05, 0.1) is 48.2 Å². The van der Waals surface area contributed by atoms with Crippen molar-refractivity contribution in [2.75, 3.05) is 38.4 Å². The zero-order valence-electron chi connectivity index (χ0n) is 15.2. The summed E-state index contributed by atoms with van der Waals surface area (Å²) in [5.41, 5.74) is 1.02. The Morgan fingerprint density at radius 3 is 2.46 bits per heavy atom. The van der Waals surface area contributed by atoms with E-state index in [0.717, 1.165) is 0 Å². The molecule has 2 aromatic rings. The highest BCUT2D eigenvalue weighted by Crippen LogP contribution is 2.51. The Bertz CT molecular complexity index is 898. The second-order valence-corrected chi connectivity index (χ2v) is 7.19. The average molecular weight is 424 g/mol. The summed E-state index contributed by atoms with van der Waals surface area (Å²) < 4.78 is 22.5. The van der Waals surface area contributed by atoms with Gasteiger partial charge in [-0.15, -0.1) is 0 Å². The molecular formula is C20H19Cl2NO5. The van der Waals surface area contributed by atoms with E-state index in [4.69, 9.17) is 42.1 Å². The molecular weight excluding hydrogens is 405 g/mol. The Morgan fingerprint density at radius 1 is 1.07 bits per heavy atom. The van der Waals surface area contributed by atoms with Crippen molar-refractivity contribution >= 4 is 34.8 Å². The maximum atomic E-state index is 13.2.